The van der Waals surface area contributed by atoms with Crippen molar-refractivity contribution in [2.45, 2.75) is 30.7 Å². The zero-order valence-electron chi connectivity index (χ0n) is 17.0. The van der Waals surface area contributed by atoms with Crippen molar-refractivity contribution in [1.82, 2.24) is 19.2 Å². The maximum Gasteiger partial charge on any atom is 0.242 e. The van der Waals surface area contributed by atoms with Crippen LogP contribution in [0.25, 0.3) is 11.0 Å². The third kappa shape index (κ3) is 4.52. The number of hydrogen-bond acceptors (Lipinski definition) is 4. The molecule has 1 fully saturated rings. The largest absolute Gasteiger partial charge is 0.341 e. The lowest BCUT2D eigenvalue weighted by Crippen LogP contribution is -2.34. The molecule has 3 aromatic rings. The van der Waals surface area contributed by atoms with Crippen molar-refractivity contribution in [2.24, 2.45) is 5.92 Å². The lowest BCUT2D eigenvalue weighted by atomic mass is 9.90. The van der Waals surface area contributed by atoms with Gasteiger partial charge in [0.05, 0.1) is 22.5 Å². The van der Waals surface area contributed by atoms with E-state index in [-0.39, 0.29) is 4.90 Å². The van der Waals surface area contributed by atoms with Crippen LogP contribution < -0.4 is 0 Å². The number of rotatable bonds is 6. The molecule has 0 saturated carbocycles. The predicted molar refractivity (Wildman–Crippen MR) is 115 cm³/mol. The van der Waals surface area contributed by atoms with Gasteiger partial charge >= 0.3 is 0 Å². The van der Waals surface area contributed by atoms with Gasteiger partial charge in [0, 0.05) is 14.1 Å². The number of imidazole rings is 1. The highest BCUT2D eigenvalue weighted by atomic mass is 32.2. The maximum atomic E-state index is 12.3. The lowest BCUT2D eigenvalue weighted by Gasteiger charge is -2.31. The zero-order chi connectivity index (χ0) is 20.4. The number of fused-ring (bicyclic) bond motifs is 1. The van der Waals surface area contributed by atoms with Crippen LogP contribution in [0.2, 0.25) is 0 Å². The van der Waals surface area contributed by atoms with Crippen LogP contribution in [0.3, 0.4) is 0 Å². The summed E-state index contributed by atoms with van der Waals surface area (Å²) >= 11 is 0. The fourth-order valence-corrected chi connectivity index (χ4v) is 4.92. The number of hydrogen-bond donors (Lipinski definition) is 1. The standard InChI is InChI=1S/C22H28N4O2S/c1-25(2)29(27,28)19-8-9-20-21(15-19)24-22(23-20)16-26-12-10-18(11-13-26)14-17-6-4-3-5-7-17/h3-9,15,18H,10-14,16H2,1-2H3,(H,23,24). The first-order valence-corrected chi connectivity index (χ1v) is 11.5. The number of piperidine rings is 1. The molecule has 1 N–H and O–H groups in total. The van der Waals surface area contributed by atoms with Gasteiger partial charge in [0.15, 0.2) is 0 Å². The molecular weight excluding hydrogens is 384 g/mol. The molecular formula is C22H28N4O2S. The van der Waals surface area contributed by atoms with Gasteiger partial charge < -0.3 is 4.98 Å². The first-order valence-electron chi connectivity index (χ1n) is 10.1. The molecule has 0 unspecified atom stereocenters. The third-order valence-electron chi connectivity index (χ3n) is 5.73. The molecule has 29 heavy (non-hydrogen) atoms. The van der Waals surface area contributed by atoms with Gasteiger partial charge in [-0.1, -0.05) is 30.3 Å². The lowest BCUT2D eigenvalue weighted by molar-refractivity contribution is 0.174. The number of sulfonamides is 1. The number of nitrogens with one attached hydrogen (secondary N) is 1. The number of nitrogens with zero attached hydrogens (tertiary/aromatic N) is 3. The Morgan fingerprint density at radius 3 is 2.52 bits per heavy atom. The normalized spacial score (nSPS) is 16.7. The Labute approximate surface area is 172 Å². The van der Waals surface area contributed by atoms with Crippen molar-refractivity contribution in [3.05, 3.63) is 59.9 Å². The van der Waals surface area contributed by atoms with E-state index < -0.39 is 10.0 Å². The van der Waals surface area contributed by atoms with Gasteiger partial charge in [-0.2, -0.15) is 0 Å². The summed E-state index contributed by atoms with van der Waals surface area (Å²) in [7, 11) is -0.361. The highest BCUT2D eigenvalue weighted by Gasteiger charge is 2.21. The monoisotopic (exact) mass is 412 g/mol. The van der Waals surface area contributed by atoms with E-state index in [0.29, 0.717) is 0 Å². The molecule has 0 radical (unpaired) electrons. The second-order valence-electron chi connectivity index (χ2n) is 8.06. The Hall–Kier alpha value is -2.22. The van der Waals surface area contributed by atoms with E-state index in [2.05, 4.69) is 45.2 Å². The van der Waals surface area contributed by atoms with Crippen LogP contribution in [0.4, 0.5) is 0 Å². The first-order chi connectivity index (χ1) is 13.9. The smallest absolute Gasteiger partial charge is 0.242 e. The highest BCUT2D eigenvalue weighted by Crippen LogP contribution is 2.24. The Bertz CT molecular complexity index is 1070. The van der Waals surface area contributed by atoms with Crippen molar-refractivity contribution in [2.75, 3.05) is 27.2 Å². The van der Waals surface area contributed by atoms with Gasteiger partial charge in [0.2, 0.25) is 10.0 Å². The Morgan fingerprint density at radius 2 is 1.83 bits per heavy atom. The quantitative estimate of drug-likeness (QED) is 0.675. The molecule has 6 nitrogen and oxygen atoms in total. The fourth-order valence-electron chi connectivity index (χ4n) is 4.00. The molecule has 0 spiro atoms. The number of aromatic amines is 1. The fraction of sp³-hybridized carbons (Fsp3) is 0.409. The summed E-state index contributed by atoms with van der Waals surface area (Å²) in [4.78, 5) is 10.7. The Balaban J connectivity index is 1.39. The van der Waals surface area contributed by atoms with Crippen molar-refractivity contribution < 1.29 is 8.42 Å². The molecule has 0 atom stereocenters. The molecule has 1 saturated heterocycles. The van der Waals surface area contributed by atoms with Crippen LogP contribution in [0, 0.1) is 5.92 Å². The van der Waals surface area contributed by atoms with Gasteiger partial charge in [-0.05, 0) is 62.0 Å². The molecule has 1 aromatic heterocycles. The molecule has 1 aliphatic rings. The Morgan fingerprint density at radius 1 is 1.10 bits per heavy atom. The molecule has 4 rings (SSSR count). The minimum atomic E-state index is -3.44. The average Bonchev–Trinajstić information content (AvgIpc) is 3.11. The molecule has 7 heteroatoms. The van der Waals surface area contributed by atoms with Gasteiger partial charge in [-0.25, -0.2) is 17.7 Å². The molecule has 0 bridgehead atoms. The second-order valence-corrected chi connectivity index (χ2v) is 10.2. The van der Waals surface area contributed by atoms with Gasteiger partial charge in [0.25, 0.3) is 0 Å². The van der Waals surface area contributed by atoms with Crippen LogP contribution in [-0.4, -0.2) is 54.8 Å². The van der Waals surface area contributed by atoms with Crippen molar-refractivity contribution in [3.8, 4) is 0 Å². The molecule has 2 heterocycles. The topological polar surface area (TPSA) is 69.3 Å². The van der Waals surface area contributed by atoms with Crippen molar-refractivity contribution in [1.29, 1.82) is 0 Å². The molecule has 0 aliphatic carbocycles. The summed E-state index contributed by atoms with van der Waals surface area (Å²) in [6, 6.07) is 15.8. The maximum absolute atomic E-state index is 12.3. The first kappa shape index (κ1) is 20.1. The summed E-state index contributed by atoms with van der Waals surface area (Å²) < 4.78 is 25.9. The van der Waals surface area contributed by atoms with Gasteiger partial charge in [-0.15, -0.1) is 0 Å². The van der Waals surface area contributed by atoms with Crippen LogP contribution in [-0.2, 0) is 23.0 Å². The summed E-state index contributed by atoms with van der Waals surface area (Å²) in [5, 5.41) is 0. The summed E-state index contributed by atoms with van der Waals surface area (Å²) in [6.07, 6.45) is 3.54. The average molecular weight is 413 g/mol. The number of H-pyrrole nitrogens is 1. The van der Waals surface area contributed by atoms with Crippen LogP contribution >= 0.6 is 0 Å². The number of aromatic nitrogens is 2. The SMILES string of the molecule is CN(C)S(=O)(=O)c1ccc2nc(CN3CCC(Cc4ccccc4)CC3)[nH]c2c1. The van der Waals surface area contributed by atoms with Crippen molar-refractivity contribution >= 4 is 21.1 Å². The van der Waals surface area contributed by atoms with E-state index in [9.17, 15) is 8.42 Å². The van der Waals surface area contributed by atoms with Gasteiger partial charge in [-0.3, -0.25) is 4.90 Å². The molecule has 1 aliphatic heterocycles. The third-order valence-corrected chi connectivity index (χ3v) is 7.54. The van der Waals surface area contributed by atoms with Crippen LogP contribution in [0.1, 0.15) is 24.2 Å². The predicted octanol–water partition coefficient (Wildman–Crippen LogP) is 3.27. The van der Waals surface area contributed by atoms with E-state index in [1.165, 1.54) is 22.7 Å². The van der Waals surface area contributed by atoms with Gasteiger partial charge in [0.1, 0.15) is 5.82 Å². The number of likely N-dealkylation sites (tertiary alicyclic amines) is 1. The minimum absolute atomic E-state index is 0.284. The summed E-state index contributed by atoms with van der Waals surface area (Å²) in [5.41, 5.74) is 2.99. The second kappa shape index (κ2) is 8.26. The van der Waals surface area contributed by atoms with E-state index in [4.69, 9.17) is 0 Å². The molecule has 2 aromatic carbocycles. The Kier molecular flexibility index (Phi) is 5.72. The summed E-state index contributed by atoms with van der Waals surface area (Å²) in [6.45, 7) is 2.89. The van der Waals surface area contributed by atoms with E-state index in [1.54, 1.807) is 32.3 Å². The number of benzene rings is 2. The summed E-state index contributed by atoms with van der Waals surface area (Å²) in [5.74, 6) is 1.63. The van der Waals surface area contributed by atoms with Crippen LogP contribution in [0.15, 0.2) is 53.4 Å². The highest BCUT2D eigenvalue weighted by molar-refractivity contribution is 7.89. The molecule has 0 amide bonds. The van der Waals surface area contributed by atoms with Crippen LogP contribution in [0.5, 0.6) is 0 Å². The van der Waals surface area contributed by atoms with E-state index in [1.807, 2.05) is 0 Å². The van der Waals surface area contributed by atoms with Crippen molar-refractivity contribution in [3.63, 3.8) is 0 Å². The van der Waals surface area contributed by atoms with E-state index >= 15 is 0 Å². The molecule has 154 valence electrons. The minimum Gasteiger partial charge on any atom is -0.341 e. The zero-order valence-corrected chi connectivity index (χ0v) is 17.8. The van der Waals surface area contributed by atoms with E-state index in [0.717, 1.165) is 48.8 Å².